The van der Waals surface area contributed by atoms with Gasteiger partial charge in [-0.1, -0.05) is 0 Å². The Bertz CT molecular complexity index is 367. The van der Waals surface area contributed by atoms with Gasteiger partial charge in [0.15, 0.2) is 0 Å². The minimum atomic E-state index is -0.485. The van der Waals surface area contributed by atoms with Crippen LogP contribution in [0.3, 0.4) is 0 Å². The fourth-order valence-electron chi connectivity index (χ4n) is 2.68. The number of ether oxygens (including phenoxy) is 2. The first kappa shape index (κ1) is 11.9. The van der Waals surface area contributed by atoms with Crippen molar-refractivity contribution in [2.75, 3.05) is 20.8 Å². The number of amides is 1. The number of ketones is 1. The summed E-state index contributed by atoms with van der Waals surface area (Å²) in [6.45, 7) is 0.320. The van der Waals surface area contributed by atoms with Gasteiger partial charge in [-0.05, 0) is 6.42 Å². The van der Waals surface area contributed by atoms with Crippen molar-refractivity contribution < 1.29 is 23.9 Å². The molecule has 0 aromatic carbocycles. The number of likely N-dealkylation sites (tertiary alicyclic amines) is 1. The molecule has 2 aliphatic rings. The molecule has 1 amide bonds. The molecule has 0 N–H and O–H groups in total. The van der Waals surface area contributed by atoms with Crippen LogP contribution in [0, 0.1) is 11.8 Å². The van der Waals surface area contributed by atoms with Crippen molar-refractivity contribution >= 4 is 17.8 Å². The van der Waals surface area contributed by atoms with Gasteiger partial charge in [0.25, 0.3) is 0 Å². The van der Waals surface area contributed by atoms with Crippen molar-refractivity contribution in [1.29, 1.82) is 0 Å². The number of methoxy groups -OCH3 is 2. The van der Waals surface area contributed by atoms with Gasteiger partial charge in [0.2, 0.25) is 0 Å². The van der Waals surface area contributed by atoms with Crippen molar-refractivity contribution in [3.63, 3.8) is 0 Å². The minimum absolute atomic E-state index is 0.121. The number of rotatable bonds is 1. The molecule has 0 spiro atoms. The third-order valence-corrected chi connectivity index (χ3v) is 3.62. The molecule has 1 saturated carbocycles. The molecular formula is C11H15NO5. The zero-order valence-corrected chi connectivity index (χ0v) is 9.84. The van der Waals surface area contributed by atoms with Gasteiger partial charge in [-0.3, -0.25) is 9.59 Å². The lowest BCUT2D eigenvalue weighted by molar-refractivity contribution is -0.161. The highest BCUT2D eigenvalue weighted by Gasteiger charge is 2.55. The molecule has 94 valence electrons. The topological polar surface area (TPSA) is 72.9 Å². The Balaban J connectivity index is 2.16. The standard InChI is InChI=1S/C11H15NO5/c1-16-10(14)7-5-6-8(13)3-4-12(9(6)7)11(15)17-2/h6-7,9H,3-5H2,1-2H3/t6-,7-,9+/m0/s1. The predicted molar refractivity (Wildman–Crippen MR) is 56.1 cm³/mol. The normalized spacial score (nSPS) is 31.3. The Morgan fingerprint density at radius 1 is 1.29 bits per heavy atom. The Kier molecular flexibility index (Phi) is 3.04. The molecule has 0 aromatic heterocycles. The maximum Gasteiger partial charge on any atom is 0.409 e. The van der Waals surface area contributed by atoms with Crippen molar-refractivity contribution in [3.8, 4) is 0 Å². The number of hydrogen-bond donors (Lipinski definition) is 0. The molecule has 0 unspecified atom stereocenters. The zero-order valence-electron chi connectivity index (χ0n) is 9.84. The Hall–Kier alpha value is -1.59. The molecule has 0 bridgehead atoms. The smallest absolute Gasteiger partial charge is 0.409 e. The number of piperidine rings is 1. The summed E-state index contributed by atoms with van der Waals surface area (Å²) in [7, 11) is 2.60. The summed E-state index contributed by atoms with van der Waals surface area (Å²) >= 11 is 0. The molecule has 3 atom stereocenters. The van der Waals surface area contributed by atoms with Crippen LogP contribution < -0.4 is 0 Å². The predicted octanol–water partition coefficient (Wildman–Crippen LogP) is 0.205. The number of esters is 1. The molecule has 2 fully saturated rings. The van der Waals surface area contributed by atoms with E-state index in [2.05, 4.69) is 9.47 Å². The maximum absolute atomic E-state index is 11.6. The van der Waals surface area contributed by atoms with Gasteiger partial charge in [0.05, 0.1) is 26.2 Å². The van der Waals surface area contributed by atoms with Crippen molar-refractivity contribution in [2.45, 2.75) is 18.9 Å². The van der Waals surface area contributed by atoms with E-state index >= 15 is 0 Å². The quantitative estimate of drug-likeness (QED) is 0.613. The van der Waals surface area contributed by atoms with E-state index in [-0.39, 0.29) is 23.7 Å². The lowest BCUT2D eigenvalue weighted by Crippen LogP contribution is -2.64. The Morgan fingerprint density at radius 2 is 2.00 bits per heavy atom. The van der Waals surface area contributed by atoms with Crippen molar-refractivity contribution in [3.05, 3.63) is 0 Å². The first-order valence-electron chi connectivity index (χ1n) is 5.55. The van der Waals surface area contributed by atoms with Crippen molar-refractivity contribution in [1.82, 2.24) is 4.90 Å². The molecule has 2 rings (SSSR count). The lowest BCUT2D eigenvalue weighted by atomic mass is 9.64. The van der Waals surface area contributed by atoms with Crippen LogP contribution in [0.1, 0.15) is 12.8 Å². The summed E-state index contributed by atoms with van der Waals surface area (Å²) < 4.78 is 9.33. The summed E-state index contributed by atoms with van der Waals surface area (Å²) in [5, 5.41) is 0. The average molecular weight is 241 g/mol. The van der Waals surface area contributed by atoms with Crippen LogP contribution in [0.5, 0.6) is 0 Å². The second-order valence-electron chi connectivity index (χ2n) is 4.34. The highest BCUT2D eigenvalue weighted by atomic mass is 16.5. The van der Waals surface area contributed by atoms with E-state index in [1.165, 1.54) is 19.1 Å². The third kappa shape index (κ3) is 1.77. The fraction of sp³-hybridized carbons (Fsp3) is 0.727. The molecule has 6 nitrogen and oxygen atoms in total. The van der Waals surface area contributed by atoms with E-state index in [0.717, 1.165) is 0 Å². The molecule has 1 aliphatic carbocycles. The Labute approximate surface area is 98.8 Å². The van der Waals surface area contributed by atoms with Gasteiger partial charge >= 0.3 is 12.1 Å². The van der Waals surface area contributed by atoms with Crippen LogP contribution in [0.2, 0.25) is 0 Å². The third-order valence-electron chi connectivity index (χ3n) is 3.62. The lowest BCUT2D eigenvalue weighted by Gasteiger charge is -2.50. The van der Waals surface area contributed by atoms with Crippen LogP contribution in [-0.4, -0.2) is 49.6 Å². The highest BCUT2D eigenvalue weighted by Crippen LogP contribution is 2.42. The SMILES string of the molecule is COC(=O)[C@H]1C[C@H]2C(=O)CCN(C(=O)OC)[C@@H]12. The minimum Gasteiger partial charge on any atom is -0.469 e. The molecule has 17 heavy (non-hydrogen) atoms. The molecule has 0 radical (unpaired) electrons. The molecule has 6 heteroatoms. The summed E-state index contributed by atoms with van der Waals surface area (Å²) in [4.78, 5) is 36.2. The number of nitrogens with zero attached hydrogens (tertiary/aromatic N) is 1. The number of fused-ring (bicyclic) bond motifs is 1. The monoisotopic (exact) mass is 241 g/mol. The number of hydrogen-bond acceptors (Lipinski definition) is 5. The van der Waals surface area contributed by atoms with E-state index < -0.39 is 12.0 Å². The van der Waals surface area contributed by atoms with Crippen LogP contribution >= 0.6 is 0 Å². The summed E-state index contributed by atoms with van der Waals surface area (Å²) in [5.41, 5.74) is 0. The Morgan fingerprint density at radius 3 is 2.59 bits per heavy atom. The van der Waals surface area contributed by atoms with Crippen LogP contribution in [0.15, 0.2) is 0 Å². The first-order chi connectivity index (χ1) is 8.10. The van der Waals surface area contributed by atoms with Gasteiger partial charge in [0.1, 0.15) is 5.78 Å². The largest absolute Gasteiger partial charge is 0.469 e. The zero-order chi connectivity index (χ0) is 12.6. The van der Waals surface area contributed by atoms with Gasteiger partial charge < -0.3 is 14.4 Å². The summed E-state index contributed by atoms with van der Waals surface area (Å²) in [6.07, 6.45) is 0.328. The van der Waals surface area contributed by atoms with Crippen LogP contribution in [-0.2, 0) is 19.1 Å². The van der Waals surface area contributed by atoms with Gasteiger partial charge in [-0.2, -0.15) is 0 Å². The van der Waals surface area contributed by atoms with Gasteiger partial charge in [0, 0.05) is 18.9 Å². The van der Waals surface area contributed by atoms with E-state index in [0.29, 0.717) is 19.4 Å². The van der Waals surface area contributed by atoms with E-state index in [9.17, 15) is 14.4 Å². The van der Waals surface area contributed by atoms with Crippen molar-refractivity contribution in [2.24, 2.45) is 11.8 Å². The second kappa shape index (κ2) is 4.35. The van der Waals surface area contributed by atoms with Gasteiger partial charge in [-0.25, -0.2) is 4.79 Å². The molecule has 0 aromatic rings. The van der Waals surface area contributed by atoms with Crippen LogP contribution in [0.4, 0.5) is 4.79 Å². The maximum atomic E-state index is 11.6. The van der Waals surface area contributed by atoms with E-state index in [1.54, 1.807) is 0 Å². The second-order valence-corrected chi connectivity index (χ2v) is 4.34. The summed E-state index contributed by atoms with van der Waals surface area (Å²) in [6, 6.07) is -0.379. The number of carbonyl (C=O) groups is 3. The average Bonchev–Trinajstić information content (AvgIpc) is 2.30. The van der Waals surface area contributed by atoms with E-state index in [1.807, 2.05) is 0 Å². The first-order valence-corrected chi connectivity index (χ1v) is 5.55. The van der Waals surface area contributed by atoms with Crippen LogP contribution in [0.25, 0.3) is 0 Å². The van der Waals surface area contributed by atoms with E-state index in [4.69, 9.17) is 0 Å². The summed E-state index contributed by atoms with van der Waals surface area (Å²) in [5.74, 6) is -0.870. The molecular weight excluding hydrogens is 226 g/mol. The highest BCUT2D eigenvalue weighted by molar-refractivity contribution is 5.89. The fourth-order valence-corrected chi connectivity index (χ4v) is 2.68. The molecule has 1 aliphatic heterocycles. The number of carbonyl (C=O) groups excluding carboxylic acids is 3. The van der Waals surface area contributed by atoms with Gasteiger partial charge in [-0.15, -0.1) is 0 Å². The molecule has 1 saturated heterocycles. The molecule has 1 heterocycles. The number of Topliss-reactive ketones (excluding diaryl/α,β-unsaturated/α-hetero) is 1.